The number of nitrogens with zero attached hydrogens (tertiary/aromatic N) is 2. The summed E-state index contributed by atoms with van der Waals surface area (Å²) < 4.78 is 1.90. The molecule has 0 aliphatic carbocycles. The average Bonchev–Trinajstić information content (AvgIpc) is 2.44. The lowest BCUT2D eigenvalue weighted by Gasteiger charge is -1.83. The van der Waals surface area contributed by atoms with Crippen LogP contribution < -0.4 is 0 Å². The maximum atomic E-state index is 8.77. The van der Waals surface area contributed by atoms with Crippen LogP contribution in [0.25, 0.3) is 4.83 Å². The Balaban J connectivity index is 0.000000605. The van der Waals surface area contributed by atoms with E-state index in [-0.39, 0.29) is 19.0 Å². The normalized spacial score (nSPS) is 9.91. The van der Waals surface area contributed by atoms with Crippen LogP contribution in [0.1, 0.15) is 5.69 Å². The van der Waals surface area contributed by atoms with Gasteiger partial charge >= 0.3 is 0 Å². The van der Waals surface area contributed by atoms with Crippen LogP contribution in [0.15, 0.2) is 17.9 Å². The second-order valence-corrected chi connectivity index (χ2v) is 2.86. The first-order valence-electron chi connectivity index (χ1n) is 2.91. The monoisotopic (exact) mass is 190 g/mol. The molecular weight excluding hydrogens is 184 g/mol. The molecule has 2 rings (SSSR count). The van der Waals surface area contributed by atoms with Crippen molar-refractivity contribution in [2.45, 2.75) is 6.61 Å². The minimum Gasteiger partial charge on any atom is -0.390 e. The van der Waals surface area contributed by atoms with E-state index in [1.807, 2.05) is 16.0 Å². The SMILES string of the molecule is Cl.OCc1ncn2ccsc12. The molecule has 0 amide bonds. The Morgan fingerprint density at radius 2 is 2.45 bits per heavy atom. The molecule has 0 spiro atoms. The summed E-state index contributed by atoms with van der Waals surface area (Å²) in [4.78, 5) is 5.03. The number of thiazole rings is 1. The Hall–Kier alpha value is -0.580. The Kier molecular flexibility index (Phi) is 2.49. The lowest BCUT2D eigenvalue weighted by atomic mass is 10.5. The van der Waals surface area contributed by atoms with Gasteiger partial charge in [-0.2, -0.15) is 0 Å². The van der Waals surface area contributed by atoms with Gasteiger partial charge in [0.1, 0.15) is 16.9 Å². The van der Waals surface area contributed by atoms with Crippen LogP contribution in [0.3, 0.4) is 0 Å². The summed E-state index contributed by atoms with van der Waals surface area (Å²) in [6, 6.07) is 0. The molecule has 11 heavy (non-hydrogen) atoms. The van der Waals surface area contributed by atoms with E-state index in [9.17, 15) is 0 Å². The number of aliphatic hydroxyl groups is 1. The third kappa shape index (κ3) is 1.24. The van der Waals surface area contributed by atoms with Gasteiger partial charge < -0.3 is 5.11 Å². The first kappa shape index (κ1) is 8.52. The predicted molar refractivity (Wildman–Crippen MR) is 46.2 cm³/mol. The molecule has 0 aliphatic heterocycles. The molecule has 0 saturated heterocycles. The van der Waals surface area contributed by atoms with Gasteiger partial charge in [-0.15, -0.1) is 23.7 Å². The molecule has 2 aromatic heterocycles. The number of fused-ring (bicyclic) bond motifs is 1. The number of hydrogen-bond acceptors (Lipinski definition) is 3. The van der Waals surface area contributed by atoms with Crippen molar-refractivity contribution in [1.29, 1.82) is 0 Å². The van der Waals surface area contributed by atoms with Crippen molar-refractivity contribution in [3.05, 3.63) is 23.6 Å². The summed E-state index contributed by atoms with van der Waals surface area (Å²) in [5.74, 6) is 0. The molecule has 1 N–H and O–H groups in total. The van der Waals surface area contributed by atoms with Gasteiger partial charge in [-0.3, -0.25) is 4.40 Å². The first-order chi connectivity index (χ1) is 4.92. The quantitative estimate of drug-likeness (QED) is 0.737. The highest BCUT2D eigenvalue weighted by atomic mass is 35.5. The zero-order valence-corrected chi connectivity index (χ0v) is 7.23. The Morgan fingerprint density at radius 3 is 3.18 bits per heavy atom. The van der Waals surface area contributed by atoms with Crippen LogP contribution in [-0.4, -0.2) is 14.5 Å². The highest BCUT2D eigenvalue weighted by molar-refractivity contribution is 7.15. The van der Waals surface area contributed by atoms with E-state index in [0.29, 0.717) is 0 Å². The molecule has 5 heteroatoms. The summed E-state index contributed by atoms with van der Waals surface area (Å²) in [5, 5.41) is 10.7. The Morgan fingerprint density at radius 1 is 1.64 bits per heavy atom. The minimum atomic E-state index is 0. The maximum absolute atomic E-state index is 8.77. The summed E-state index contributed by atoms with van der Waals surface area (Å²) >= 11 is 1.59. The van der Waals surface area contributed by atoms with E-state index in [2.05, 4.69) is 4.98 Å². The maximum Gasteiger partial charge on any atom is 0.125 e. The van der Waals surface area contributed by atoms with E-state index in [0.717, 1.165) is 10.5 Å². The van der Waals surface area contributed by atoms with Crippen LogP contribution in [-0.2, 0) is 6.61 Å². The van der Waals surface area contributed by atoms with Gasteiger partial charge in [0, 0.05) is 11.6 Å². The van der Waals surface area contributed by atoms with Crippen molar-refractivity contribution < 1.29 is 5.11 Å². The first-order valence-corrected chi connectivity index (χ1v) is 3.79. The third-order valence-corrected chi connectivity index (χ3v) is 2.30. The minimum absolute atomic E-state index is 0. The van der Waals surface area contributed by atoms with Gasteiger partial charge in [-0.05, 0) is 0 Å². The molecule has 0 radical (unpaired) electrons. The number of hydrogen-bond donors (Lipinski definition) is 1. The largest absolute Gasteiger partial charge is 0.390 e. The fourth-order valence-corrected chi connectivity index (χ4v) is 1.70. The van der Waals surface area contributed by atoms with E-state index >= 15 is 0 Å². The van der Waals surface area contributed by atoms with Gasteiger partial charge in [-0.1, -0.05) is 0 Å². The lowest BCUT2D eigenvalue weighted by molar-refractivity contribution is 0.279. The molecule has 0 unspecified atom stereocenters. The third-order valence-electron chi connectivity index (χ3n) is 1.37. The second kappa shape index (κ2) is 3.21. The fourth-order valence-electron chi connectivity index (χ4n) is 0.893. The average molecular weight is 191 g/mol. The van der Waals surface area contributed by atoms with E-state index in [4.69, 9.17) is 5.11 Å². The number of aromatic nitrogens is 2. The standard InChI is InChI=1S/C6H6N2OS.ClH/c9-3-5-6-8(4-7-5)1-2-10-6;/h1-2,4,9H,3H2;1H. The van der Waals surface area contributed by atoms with Gasteiger partial charge in [0.05, 0.1) is 6.61 Å². The van der Waals surface area contributed by atoms with E-state index in [1.165, 1.54) is 0 Å². The number of rotatable bonds is 1. The van der Waals surface area contributed by atoms with Gasteiger partial charge in [0.2, 0.25) is 0 Å². The molecular formula is C6H7ClN2OS. The van der Waals surface area contributed by atoms with Crippen LogP contribution in [0.2, 0.25) is 0 Å². The molecule has 0 aromatic carbocycles. The molecule has 0 fully saturated rings. The van der Waals surface area contributed by atoms with Crippen molar-refractivity contribution >= 4 is 28.6 Å². The van der Waals surface area contributed by atoms with Gasteiger partial charge in [0.25, 0.3) is 0 Å². The molecule has 2 aromatic rings. The summed E-state index contributed by atoms with van der Waals surface area (Å²) in [6.07, 6.45) is 3.63. The van der Waals surface area contributed by atoms with Crippen molar-refractivity contribution in [3.63, 3.8) is 0 Å². The Labute approximate surface area is 73.7 Å². The van der Waals surface area contributed by atoms with Gasteiger partial charge in [-0.25, -0.2) is 4.98 Å². The molecule has 0 saturated carbocycles. The zero-order chi connectivity index (χ0) is 6.97. The van der Waals surface area contributed by atoms with Crippen molar-refractivity contribution in [3.8, 4) is 0 Å². The van der Waals surface area contributed by atoms with Crippen molar-refractivity contribution in [2.75, 3.05) is 0 Å². The van der Waals surface area contributed by atoms with Crippen molar-refractivity contribution in [1.82, 2.24) is 9.38 Å². The van der Waals surface area contributed by atoms with Crippen LogP contribution in [0.4, 0.5) is 0 Å². The lowest BCUT2D eigenvalue weighted by Crippen LogP contribution is -1.79. The zero-order valence-electron chi connectivity index (χ0n) is 5.60. The smallest absolute Gasteiger partial charge is 0.125 e. The highest BCUT2D eigenvalue weighted by Gasteiger charge is 2.01. The van der Waals surface area contributed by atoms with E-state index in [1.54, 1.807) is 17.7 Å². The molecule has 3 nitrogen and oxygen atoms in total. The van der Waals surface area contributed by atoms with Crippen molar-refractivity contribution in [2.24, 2.45) is 0 Å². The predicted octanol–water partition coefficient (Wildman–Crippen LogP) is 1.31. The molecule has 0 bridgehead atoms. The molecule has 0 atom stereocenters. The summed E-state index contributed by atoms with van der Waals surface area (Å²) in [7, 11) is 0. The highest BCUT2D eigenvalue weighted by Crippen LogP contribution is 2.15. The van der Waals surface area contributed by atoms with Gasteiger partial charge in [0.15, 0.2) is 0 Å². The van der Waals surface area contributed by atoms with Crippen LogP contribution in [0, 0.1) is 0 Å². The summed E-state index contributed by atoms with van der Waals surface area (Å²) in [6.45, 7) is 0.0248. The summed E-state index contributed by atoms with van der Waals surface area (Å²) in [5.41, 5.74) is 0.759. The van der Waals surface area contributed by atoms with E-state index < -0.39 is 0 Å². The molecule has 0 aliphatic rings. The fraction of sp³-hybridized carbons (Fsp3) is 0.167. The Bertz CT molecular complexity index is 343. The van der Waals surface area contributed by atoms with Crippen LogP contribution >= 0.6 is 23.7 Å². The molecule has 2 heterocycles. The molecule has 60 valence electrons. The second-order valence-electron chi connectivity index (χ2n) is 1.96. The van der Waals surface area contributed by atoms with Crippen LogP contribution in [0.5, 0.6) is 0 Å². The number of imidazole rings is 1. The number of halogens is 1. The topological polar surface area (TPSA) is 37.5 Å². The number of aliphatic hydroxyl groups excluding tert-OH is 1.